The first-order valence-corrected chi connectivity index (χ1v) is 9.60. The van der Waals surface area contributed by atoms with Gasteiger partial charge in [0.15, 0.2) is 5.96 Å². The molecule has 28 heavy (non-hydrogen) atoms. The lowest BCUT2D eigenvalue weighted by Gasteiger charge is -2.33. The molecule has 152 valence electrons. The smallest absolute Gasteiger partial charge is 0.191 e. The van der Waals surface area contributed by atoms with E-state index in [9.17, 15) is 0 Å². The molecule has 0 atom stereocenters. The Bertz CT molecular complexity index is 760. The van der Waals surface area contributed by atoms with Crippen molar-refractivity contribution in [3.05, 3.63) is 58.7 Å². The van der Waals surface area contributed by atoms with Gasteiger partial charge in [-0.2, -0.15) is 0 Å². The summed E-state index contributed by atoms with van der Waals surface area (Å²) in [4.78, 5) is 13.6. The van der Waals surface area contributed by atoms with Crippen molar-refractivity contribution >= 4 is 47.4 Å². The molecule has 8 heteroatoms. The molecule has 0 bridgehead atoms. The zero-order valence-corrected chi connectivity index (χ0v) is 19.4. The zero-order valence-electron chi connectivity index (χ0n) is 16.4. The minimum absolute atomic E-state index is 0. The van der Waals surface area contributed by atoms with Crippen LogP contribution < -0.4 is 15.5 Å². The summed E-state index contributed by atoms with van der Waals surface area (Å²) in [6.45, 7) is 5.51. The number of halogens is 2. The number of anilines is 1. The summed E-state index contributed by atoms with van der Waals surface area (Å²) in [5.41, 5.74) is 2.16. The Labute approximate surface area is 189 Å². The fraction of sp³-hybridized carbons (Fsp3) is 0.400. The molecule has 6 nitrogen and oxygen atoms in total. The molecule has 0 amide bonds. The Hall–Kier alpha value is -1.58. The fourth-order valence-corrected chi connectivity index (χ4v) is 3.17. The highest BCUT2D eigenvalue weighted by Crippen LogP contribution is 2.15. The molecule has 0 aliphatic carbocycles. The monoisotopic (exact) mass is 514 g/mol. The van der Waals surface area contributed by atoms with Crippen molar-refractivity contribution < 1.29 is 0 Å². The summed E-state index contributed by atoms with van der Waals surface area (Å²) in [6, 6.07) is 12.0. The van der Waals surface area contributed by atoms with Crippen LogP contribution >= 0.6 is 35.6 Å². The first-order chi connectivity index (χ1) is 13.2. The van der Waals surface area contributed by atoms with Gasteiger partial charge in [0.05, 0.1) is 0 Å². The number of pyridine rings is 1. The molecule has 2 N–H and O–H groups in total. The van der Waals surface area contributed by atoms with Gasteiger partial charge < -0.3 is 20.4 Å². The Morgan fingerprint density at radius 3 is 2.43 bits per heavy atom. The molecule has 1 aromatic heterocycles. The van der Waals surface area contributed by atoms with E-state index in [2.05, 4.69) is 49.6 Å². The van der Waals surface area contributed by atoms with E-state index in [1.165, 1.54) is 0 Å². The van der Waals surface area contributed by atoms with Crippen LogP contribution in [0.4, 0.5) is 5.82 Å². The quantitative estimate of drug-likeness (QED) is 0.365. The predicted octanol–water partition coefficient (Wildman–Crippen LogP) is 2.97. The summed E-state index contributed by atoms with van der Waals surface area (Å²) in [7, 11) is 3.92. The molecule has 1 fully saturated rings. The largest absolute Gasteiger partial charge is 0.354 e. The van der Waals surface area contributed by atoms with Crippen molar-refractivity contribution in [3.8, 4) is 0 Å². The molecule has 1 aliphatic rings. The molecule has 3 rings (SSSR count). The molecule has 0 unspecified atom stereocenters. The molecule has 1 aromatic carbocycles. The van der Waals surface area contributed by atoms with Crippen molar-refractivity contribution in [2.24, 2.45) is 4.99 Å². The maximum Gasteiger partial charge on any atom is 0.191 e. The predicted molar refractivity (Wildman–Crippen MR) is 128 cm³/mol. The summed E-state index contributed by atoms with van der Waals surface area (Å²) in [5, 5.41) is 7.35. The second-order valence-electron chi connectivity index (χ2n) is 6.69. The molecule has 0 radical (unpaired) electrons. The number of nitrogens with one attached hydrogen (secondary N) is 2. The van der Waals surface area contributed by atoms with Gasteiger partial charge in [-0.05, 0) is 30.3 Å². The van der Waals surface area contributed by atoms with Crippen molar-refractivity contribution in [1.29, 1.82) is 0 Å². The Kier molecular flexibility index (Phi) is 9.27. The fourth-order valence-electron chi connectivity index (χ4n) is 2.97. The van der Waals surface area contributed by atoms with E-state index in [0.717, 1.165) is 54.1 Å². The van der Waals surface area contributed by atoms with E-state index in [4.69, 9.17) is 11.6 Å². The minimum atomic E-state index is 0. The third-order valence-corrected chi connectivity index (χ3v) is 5.09. The average Bonchev–Trinajstić information content (AvgIpc) is 2.70. The molecule has 2 heterocycles. The van der Waals surface area contributed by atoms with E-state index < -0.39 is 0 Å². The van der Waals surface area contributed by atoms with E-state index in [-0.39, 0.29) is 24.0 Å². The number of piperazine rings is 1. The molecular weight excluding hydrogens is 487 g/mol. The van der Waals surface area contributed by atoms with Crippen molar-refractivity contribution in [2.75, 3.05) is 45.2 Å². The third kappa shape index (κ3) is 6.49. The average molecular weight is 515 g/mol. The lowest BCUT2D eigenvalue weighted by Crippen LogP contribution is -2.44. The third-order valence-electron chi connectivity index (χ3n) is 4.72. The van der Waals surface area contributed by atoms with Crippen molar-refractivity contribution in [2.45, 2.75) is 13.1 Å². The Morgan fingerprint density at radius 1 is 1.07 bits per heavy atom. The zero-order chi connectivity index (χ0) is 19.1. The van der Waals surface area contributed by atoms with Gasteiger partial charge in [-0.15, -0.1) is 24.0 Å². The number of aromatic nitrogens is 1. The number of hydrogen-bond donors (Lipinski definition) is 2. The summed E-state index contributed by atoms with van der Waals surface area (Å²) < 4.78 is 0. The first-order valence-electron chi connectivity index (χ1n) is 9.22. The van der Waals surface area contributed by atoms with Gasteiger partial charge in [-0.1, -0.05) is 35.9 Å². The normalized spacial score (nSPS) is 15.1. The van der Waals surface area contributed by atoms with Crippen molar-refractivity contribution in [1.82, 2.24) is 20.5 Å². The highest BCUT2D eigenvalue weighted by Gasteiger charge is 2.14. The number of benzene rings is 1. The van der Waals surface area contributed by atoms with Gasteiger partial charge in [0.2, 0.25) is 0 Å². The lowest BCUT2D eigenvalue weighted by atomic mass is 10.2. The maximum absolute atomic E-state index is 6.20. The summed E-state index contributed by atoms with van der Waals surface area (Å²) in [6.07, 6.45) is 1.93. The van der Waals surface area contributed by atoms with Crippen LogP contribution in [0.25, 0.3) is 0 Å². The standard InChI is InChI=1S/C20H27ClN6.HI/c1-22-20(25-15-17-5-3-4-6-18(17)21)24-14-16-7-8-19(23-13-16)27-11-9-26(2)10-12-27;/h3-8,13H,9-12,14-15H2,1-2H3,(H2,22,24,25);1H. The summed E-state index contributed by atoms with van der Waals surface area (Å²) >= 11 is 6.20. The van der Waals surface area contributed by atoms with Crippen LogP contribution in [0.3, 0.4) is 0 Å². The van der Waals surface area contributed by atoms with Gasteiger partial charge in [-0.3, -0.25) is 4.99 Å². The number of aliphatic imine (C=N–C) groups is 1. The van der Waals surface area contributed by atoms with Gasteiger partial charge in [0.1, 0.15) is 5.82 Å². The van der Waals surface area contributed by atoms with Gasteiger partial charge in [-0.25, -0.2) is 4.98 Å². The lowest BCUT2D eigenvalue weighted by molar-refractivity contribution is 0.312. The van der Waals surface area contributed by atoms with Gasteiger partial charge in [0.25, 0.3) is 0 Å². The number of likely N-dealkylation sites (N-methyl/N-ethyl adjacent to an activating group) is 1. The number of guanidine groups is 1. The van der Waals surface area contributed by atoms with Gasteiger partial charge >= 0.3 is 0 Å². The molecule has 1 saturated heterocycles. The Morgan fingerprint density at radius 2 is 1.79 bits per heavy atom. The highest BCUT2D eigenvalue weighted by molar-refractivity contribution is 14.0. The molecular formula is C20H28ClIN6. The van der Waals surface area contributed by atoms with Crippen LogP contribution in [0.15, 0.2) is 47.6 Å². The molecule has 1 aliphatic heterocycles. The van der Waals surface area contributed by atoms with Crippen LogP contribution in [0, 0.1) is 0 Å². The molecule has 0 saturated carbocycles. The second-order valence-corrected chi connectivity index (χ2v) is 7.09. The molecule has 2 aromatic rings. The van der Waals surface area contributed by atoms with Crippen LogP contribution in [0.1, 0.15) is 11.1 Å². The van der Waals surface area contributed by atoms with E-state index in [1.807, 2.05) is 30.5 Å². The van der Waals surface area contributed by atoms with E-state index in [1.54, 1.807) is 7.05 Å². The highest BCUT2D eigenvalue weighted by atomic mass is 127. The first kappa shape index (κ1) is 22.7. The summed E-state index contributed by atoms with van der Waals surface area (Å²) in [5.74, 6) is 1.78. The SMILES string of the molecule is CN=C(NCc1ccc(N2CCN(C)CC2)nc1)NCc1ccccc1Cl.I. The topological polar surface area (TPSA) is 55.8 Å². The number of nitrogens with zero attached hydrogens (tertiary/aromatic N) is 4. The molecule has 0 spiro atoms. The second kappa shape index (κ2) is 11.4. The van der Waals surface area contributed by atoms with E-state index >= 15 is 0 Å². The minimum Gasteiger partial charge on any atom is -0.354 e. The Balaban J connectivity index is 0.00000280. The van der Waals surface area contributed by atoms with Crippen LogP contribution in [-0.2, 0) is 13.1 Å². The van der Waals surface area contributed by atoms with E-state index in [0.29, 0.717) is 13.1 Å². The number of hydrogen-bond acceptors (Lipinski definition) is 4. The van der Waals surface area contributed by atoms with Crippen molar-refractivity contribution in [3.63, 3.8) is 0 Å². The maximum atomic E-state index is 6.20. The van der Waals surface area contributed by atoms with Crippen LogP contribution in [0.2, 0.25) is 5.02 Å². The van der Waals surface area contributed by atoms with Gasteiger partial charge in [0, 0.05) is 57.5 Å². The van der Waals surface area contributed by atoms with Crippen LogP contribution in [-0.4, -0.2) is 56.1 Å². The van der Waals surface area contributed by atoms with Crippen LogP contribution in [0.5, 0.6) is 0 Å². The number of rotatable bonds is 5.